The molecule has 0 atom stereocenters. The average molecular weight is 322 g/mol. The minimum atomic E-state index is -0.154. The van der Waals surface area contributed by atoms with Gasteiger partial charge in [-0.25, -0.2) is 9.67 Å². The van der Waals surface area contributed by atoms with Gasteiger partial charge < -0.3 is 10.1 Å². The Bertz CT molecular complexity index is 798. The third-order valence-corrected chi connectivity index (χ3v) is 3.56. The molecule has 0 saturated carbocycles. The van der Waals surface area contributed by atoms with E-state index in [0.29, 0.717) is 6.54 Å². The molecule has 0 saturated heterocycles. The van der Waals surface area contributed by atoms with Crippen LogP contribution in [-0.4, -0.2) is 27.3 Å². The standard InChI is InChI=1S/C18H18N4O2/c1-14-4-2-3-5-17(14)24-11-18(23)20-10-15-6-8-16(9-7-15)22-13-19-12-21-22/h2-9,12-13H,10-11H2,1H3,(H,20,23). The van der Waals surface area contributed by atoms with Crippen LogP contribution in [0.4, 0.5) is 0 Å². The number of hydrogen-bond acceptors (Lipinski definition) is 4. The molecule has 0 aliphatic heterocycles. The lowest BCUT2D eigenvalue weighted by Crippen LogP contribution is -2.28. The summed E-state index contributed by atoms with van der Waals surface area (Å²) in [5, 5.41) is 6.91. The van der Waals surface area contributed by atoms with Gasteiger partial charge in [-0.05, 0) is 36.2 Å². The minimum Gasteiger partial charge on any atom is -0.484 e. The van der Waals surface area contributed by atoms with Crippen LogP contribution in [0.15, 0.2) is 61.2 Å². The van der Waals surface area contributed by atoms with Crippen molar-refractivity contribution < 1.29 is 9.53 Å². The van der Waals surface area contributed by atoms with Gasteiger partial charge in [-0.3, -0.25) is 4.79 Å². The molecule has 1 N–H and O–H groups in total. The second kappa shape index (κ2) is 7.41. The van der Waals surface area contributed by atoms with Crippen LogP contribution >= 0.6 is 0 Å². The first kappa shape index (κ1) is 15.7. The summed E-state index contributed by atoms with van der Waals surface area (Å²) in [7, 11) is 0. The van der Waals surface area contributed by atoms with Crippen molar-refractivity contribution >= 4 is 5.91 Å². The van der Waals surface area contributed by atoms with Crippen LogP contribution in [0.25, 0.3) is 5.69 Å². The summed E-state index contributed by atoms with van der Waals surface area (Å²) in [6.07, 6.45) is 3.13. The van der Waals surface area contributed by atoms with E-state index in [1.807, 2.05) is 55.5 Å². The summed E-state index contributed by atoms with van der Waals surface area (Å²) >= 11 is 0. The first-order valence-corrected chi connectivity index (χ1v) is 7.61. The molecule has 0 aliphatic rings. The number of ether oxygens (including phenoxy) is 1. The molecular weight excluding hydrogens is 304 g/mol. The Morgan fingerprint density at radius 3 is 2.67 bits per heavy atom. The van der Waals surface area contributed by atoms with Gasteiger partial charge in [-0.15, -0.1) is 0 Å². The molecule has 0 spiro atoms. The zero-order chi connectivity index (χ0) is 16.8. The second-order valence-electron chi connectivity index (χ2n) is 5.34. The Kier molecular flexibility index (Phi) is 4.86. The van der Waals surface area contributed by atoms with Gasteiger partial charge in [0.25, 0.3) is 5.91 Å². The van der Waals surface area contributed by atoms with Crippen molar-refractivity contribution in [1.82, 2.24) is 20.1 Å². The molecule has 3 rings (SSSR count). The van der Waals surface area contributed by atoms with Crippen LogP contribution in [0, 0.1) is 6.92 Å². The van der Waals surface area contributed by atoms with Crippen LogP contribution in [0.2, 0.25) is 0 Å². The number of para-hydroxylation sites is 1. The number of carbonyl (C=O) groups is 1. The molecule has 1 aromatic heterocycles. The number of aryl methyl sites for hydroxylation is 1. The lowest BCUT2D eigenvalue weighted by atomic mass is 10.2. The van der Waals surface area contributed by atoms with Gasteiger partial charge in [0.05, 0.1) is 5.69 Å². The highest BCUT2D eigenvalue weighted by Crippen LogP contribution is 2.15. The van der Waals surface area contributed by atoms with Gasteiger partial charge in [0.15, 0.2) is 6.61 Å². The van der Waals surface area contributed by atoms with Gasteiger partial charge in [-0.1, -0.05) is 30.3 Å². The summed E-state index contributed by atoms with van der Waals surface area (Å²) in [6.45, 7) is 2.40. The number of hydrogen-bond donors (Lipinski definition) is 1. The van der Waals surface area contributed by atoms with Gasteiger partial charge in [0.2, 0.25) is 0 Å². The Morgan fingerprint density at radius 2 is 1.96 bits per heavy atom. The fourth-order valence-electron chi connectivity index (χ4n) is 2.22. The number of rotatable bonds is 6. The topological polar surface area (TPSA) is 69.0 Å². The quantitative estimate of drug-likeness (QED) is 0.756. The minimum absolute atomic E-state index is 0.00188. The number of aromatic nitrogens is 3. The lowest BCUT2D eigenvalue weighted by Gasteiger charge is -2.09. The third-order valence-electron chi connectivity index (χ3n) is 3.56. The molecule has 0 unspecified atom stereocenters. The predicted molar refractivity (Wildman–Crippen MR) is 89.9 cm³/mol. The zero-order valence-corrected chi connectivity index (χ0v) is 13.3. The molecule has 1 amide bonds. The van der Waals surface area contributed by atoms with E-state index in [1.165, 1.54) is 6.33 Å². The maximum atomic E-state index is 11.9. The molecule has 0 fully saturated rings. The maximum absolute atomic E-state index is 11.9. The maximum Gasteiger partial charge on any atom is 0.258 e. The van der Waals surface area contributed by atoms with E-state index in [9.17, 15) is 4.79 Å². The summed E-state index contributed by atoms with van der Waals surface area (Å²) in [4.78, 5) is 15.8. The highest BCUT2D eigenvalue weighted by Gasteiger charge is 2.05. The molecule has 6 nitrogen and oxygen atoms in total. The van der Waals surface area contributed by atoms with Crippen molar-refractivity contribution in [2.45, 2.75) is 13.5 Å². The van der Waals surface area contributed by atoms with E-state index in [1.54, 1.807) is 11.0 Å². The molecule has 0 aliphatic carbocycles. The highest BCUT2D eigenvalue weighted by molar-refractivity contribution is 5.77. The van der Waals surface area contributed by atoms with Gasteiger partial charge in [0.1, 0.15) is 18.4 Å². The van der Waals surface area contributed by atoms with Crippen LogP contribution in [-0.2, 0) is 11.3 Å². The van der Waals surface area contributed by atoms with Crippen molar-refractivity contribution in [2.75, 3.05) is 6.61 Å². The average Bonchev–Trinajstić information content (AvgIpc) is 3.14. The summed E-state index contributed by atoms with van der Waals surface area (Å²) in [6, 6.07) is 15.4. The van der Waals surface area contributed by atoms with Crippen LogP contribution in [0.1, 0.15) is 11.1 Å². The van der Waals surface area contributed by atoms with E-state index in [4.69, 9.17) is 4.74 Å². The Balaban J connectivity index is 1.48. The first-order valence-electron chi connectivity index (χ1n) is 7.61. The summed E-state index contributed by atoms with van der Waals surface area (Å²) < 4.78 is 7.20. The van der Waals surface area contributed by atoms with Crippen molar-refractivity contribution in [3.05, 3.63) is 72.3 Å². The highest BCUT2D eigenvalue weighted by atomic mass is 16.5. The Labute approximate surface area is 140 Å². The molecule has 1 heterocycles. The normalized spacial score (nSPS) is 10.4. The molecule has 0 radical (unpaired) electrons. The number of nitrogens with one attached hydrogen (secondary N) is 1. The van der Waals surface area contributed by atoms with Crippen molar-refractivity contribution in [1.29, 1.82) is 0 Å². The largest absolute Gasteiger partial charge is 0.484 e. The SMILES string of the molecule is Cc1ccccc1OCC(=O)NCc1ccc(-n2cncn2)cc1. The monoisotopic (exact) mass is 322 g/mol. The second-order valence-corrected chi connectivity index (χ2v) is 5.34. The number of nitrogens with zero attached hydrogens (tertiary/aromatic N) is 3. The fourth-order valence-corrected chi connectivity index (χ4v) is 2.22. The van der Waals surface area contributed by atoms with Crippen molar-refractivity contribution in [2.24, 2.45) is 0 Å². The Hall–Kier alpha value is -3.15. The van der Waals surface area contributed by atoms with E-state index in [-0.39, 0.29) is 12.5 Å². The van der Waals surface area contributed by atoms with Gasteiger partial charge >= 0.3 is 0 Å². The van der Waals surface area contributed by atoms with Gasteiger partial charge in [0, 0.05) is 6.54 Å². The molecule has 3 aromatic rings. The lowest BCUT2D eigenvalue weighted by molar-refractivity contribution is -0.123. The number of benzene rings is 2. The fraction of sp³-hybridized carbons (Fsp3) is 0.167. The Morgan fingerprint density at radius 1 is 1.17 bits per heavy atom. The molecule has 122 valence electrons. The molecule has 6 heteroatoms. The van der Waals surface area contributed by atoms with Crippen LogP contribution < -0.4 is 10.1 Å². The third kappa shape index (κ3) is 3.98. The van der Waals surface area contributed by atoms with E-state index in [0.717, 1.165) is 22.6 Å². The van der Waals surface area contributed by atoms with Crippen LogP contribution in [0.3, 0.4) is 0 Å². The van der Waals surface area contributed by atoms with Crippen LogP contribution in [0.5, 0.6) is 5.75 Å². The summed E-state index contributed by atoms with van der Waals surface area (Å²) in [5.41, 5.74) is 2.93. The van der Waals surface area contributed by atoms with Gasteiger partial charge in [-0.2, -0.15) is 5.10 Å². The van der Waals surface area contributed by atoms with Crippen molar-refractivity contribution in [3.8, 4) is 11.4 Å². The van der Waals surface area contributed by atoms with E-state index in [2.05, 4.69) is 15.4 Å². The van der Waals surface area contributed by atoms with Crippen molar-refractivity contribution in [3.63, 3.8) is 0 Å². The number of amides is 1. The van der Waals surface area contributed by atoms with E-state index < -0.39 is 0 Å². The first-order chi connectivity index (χ1) is 11.7. The molecule has 0 bridgehead atoms. The molecule has 24 heavy (non-hydrogen) atoms. The molecule has 2 aromatic carbocycles. The smallest absolute Gasteiger partial charge is 0.258 e. The molecular formula is C18H18N4O2. The summed E-state index contributed by atoms with van der Waals surface area (Å²) in [5.74, 6) is 0.573. The number of carbonyl (C=O) groups excluding carboxylic acids is 1. The predicted octanol–water partition coefficient (Wildman–Crippen LogP) is 2.27. The zero-order valence-electron chi connectivity index (χ0n) is 13.3. The van der Waals surface area contributed by atoms with E-state index >= 15 is 0 Å².